The Hall–Kier alpha value is -2.75. The molecule has 0 radical (unpaired) electrons. The average molecular weight is 337 g/mol. The SMILES string of the molecule is CCCCN1C(=O)O/C(=C\c2ccccc2)C1c1cccc(OC)c1. The smallest absolute Gasteiger partial charge is 0.415 e. The minimum absolute atomic E-state index is 0.227. The summed E-state index contributed by atoms with van der Waals surface area (Å²) in [6.07, 6.45) is 3.61. The van der Waals surface area contributed by atoms with E-state index < -0.39 is 0 Å². The van der Waals surface area contributed by atoms with Gasteiger partial charge >= 0.3 is 6.09 Å². The van der Waals surface area contributed by atoms with Gasteiger partial charge in [-0.15, -0.1) is 0 Å². The van der Waals surface area contributed by atoms with Crippen molar-refractivity contribution < 1.29 is 14.3 Å². The van der Waals surface area contributed by atoms with Gasteiger partial charge in [-0.3, -0.25) is 4.90 Å². The van der Waals surface area contributed by atoms with Crippen molar-refractivity contribution in [1.82, 2.24) is 4.90 Å². The Balaban J connectivity index is 2.01. The van der Waals surface area contributed by atoms with Crippen LogP contribution < -0.4 is 4.74 Å². The fourth-order valence-corrected chi connectivity index (χ4v) is 3.00. The monoisotopic (exact) mass is 337 g/mol. The lowest BCUT2D eigenvalue weighted by molar-refractivity contribution is 0.164. The van der Waals surface area contributed by atoms with Crippen molar-refractivity contribution in [3.63, 3.8) is 0 Å². The highest BCUT2D eigenvalue weighted by Gasteiger charge is 2.38. The molecule has 1 fully saturated rings. The number of nitrogens with zero attached hydrogens (tertiary/aromatic N) is 1. The average Bonchev–Trinajstić information content (AvgIpc) is 2.95. The minimum atomic E-state index is -0.288. The van der Waals surface area contributed by atoms with Gasteiger partial charge in [-0.1, -0.05) is 55.8 Å². The highest BCUT2D eigenvalue weighted by Crippen LogP contribution is 2.38. The number of unbranched alkanes of at least 4 members (excludes halogenated alkanes) is 1. The molecular weight excluding hydrogens is 314 g/mol. The highest BCUT2D eigenvalue weighted by molar-refractivity contribution is 5.76. The Morgan fingerprint density at radius 2 is 1.96 bits per heavy atom. The van der Waals surface area contributed by atoms with Crippen LogP contribution in [0.1, 0.15) is 36.9 Å². The molecule has 1 atom stereocenters. The second kappa shape index (κ2) is 7.88. The van der Waals surface area contributed by atoms with E-state index in [1.807, 2.05) is 60.7 Å². The van der Waals surface area contributed by atoms with Crippen LogP contribution in [-0.4, -0.2) is 24.6 Å². The Bertz CT molecular complexity index is 755. The first-order chi connectivity index (χ1) is 12.2. The van der Waals surface area contributed by atoms with Crippen molar-refractivity contribution in [2.75, 3.05) is 13.7 Å². The van der Waals surface area contributed by atoms with E-state index in [-0.39, 0.29) is 12.1 Å². The summed E-state index contributed by atoms with van der Waals surface area (Å²) in [5, 5.41) is 0. The first kappa shape index (κ1) is 17.1. The summed E-state index contributed by atoms with van der Waals surface area (Å²) in [5.41, 5.74) is 2.00. The van der Waals surface area contributed by atoms with Crippen molar-refractivity contribution in [3.05, 3.63) is 71.5 Å². The molecule has 0 spiro atoms. The number of methoxy groups -OCH3 is 1. The number of amides is 1. The van der Waals surface area contributed by atoms with E-state index in [0.29, 0.717) is 12.3 Å². The van der Waals surface area contributed by atoms with Crippen LogP contribution in [0, 0.1) is 0 Å². The molecule has 130 valence electrons. The maximum absolute atomic E-state index is 12.5. The molecule has 0 saturated carbocycles. The summed E-state index contributed by atoms with van der Waals surface area (Å²) in [7, 11) is 1.64. The topological polar surface area (TPSA) is 38.8 Å². The third-order valence-corrected chi connectivity index (χ3v) is 4.29. The zero-order valence-electron chi connectivity index (χ0n) is 14.6. The number of carbonyl (C=O) groups is 1. The van der Waals surface area contributed by atoms with Gasteiger partial charge in [0.1, 0.15) is 17.6 Å². The summed E-state index contributed by atoms with van der Waals surface area (Å²) < 4.78 is 11.0. The van der Waals surface area contributed by atoms with Crippen LogP contribution in [0.15, 0.2) is 60.4 Å². The van der Waals surface area contributed by atoms with Crippen LogP contribution in [0.3, 0.4) is 0 Å². The number of cyclic esters (lactones) is 1. The van der Waals surface area contributed by atoms with Crippen LogP contribution >= 0.6 is 0 Å². The normalized spacial score (nSPS) is 18.5. The fraction of sp³-hybridized carbons (Fsp3) is 0.286. The maximum atomic E-state index is 12.5. The van der Waals surface area contributed by atoms with E-state index in [1.165, 1.54) is 0 Å². The molecule has 1 aliphatic rings. The third-order valence-electron chi connectivity index (χ3n) is 4.29. The number of ether oxygens (including phenoxy) is 2. The van der Waals surface area contributed by atoms with E-state index in [0.717, 1.165) is 29.7 Å². The van der Waals surface area contributed by atoms with Crippen LogP contribution in [0.5, 0.6) is 5.75 Å². The summed E-state index contributed by atoms with van der Waals surface area (Å²) in [6, 6.07) is 17.5. The maximum Gasteiger partial charge on any atom is 0.415 e. The lowest BCUT2D eigenvalue weighted by Gasteiger charge is -2.22. The zero-order chi connectivity index (χ0) is 17.6. The second-order valence-corrected chi connectivity index (χ2v) is 6.05. The van der Waals surface area contributed by atoms with Gasteiger partial charge in [-0.25, -0.2) is 4.79 Å². The van der Waals surface area contributed by atoms with Crippen LogP contribution in [-0.2, 0) is 4.74 Å². The van der Waals surface area contributed by atoms with Gasteiger partial charge < -0.3 is 9.47 Å². The van der Waals surface area contributed by atoms with Crippen molar-refractivity contribution in [1.29, 1.82) is 0 Å². The van der Waals surface area contributed by atoms with Gasteiger partial charge in [-0.05, 0) is 35.8 Å². The minimum Gasteiger partial charge on any atom is -0.497 e. The molecule has 0 N–H and O–H groups in total. The molecule has 0 bridgehead atoms. The standard InChI is InChI=1S/C21H23NO3/c1-3-4-13-22-20(17-11-8-12-18(15-17)24-2)19(25-21(22)23)14-16-9-6-5-7-10-16/h5-12,14-15,20H,3-4,13H2,1-2H3/b19-14-. The molecule has 4 nitrogen and oxygen atoms in total. The van der Waals surface area contributed by atoms with Crippen LogP contribution in [0.25, 0.3) is 6.08 Å². The predicted octanol–water partition coefficient (Wildman–Crippen LogP) is 5.03. The molecule has 2 aromatic carbocycles. The first-order valence-corrected chi connectivity index (χ1v) is 8.62. The van der Waals surface area contributed by atoms with E-state index in [9.17, 15) is 4.79 Å². The number of benzene rings is 2. The van der Waals surface area contributed by atoms with E-state index in [2.05, 4.69) is 6.92 Å². The van der Waals surface area contributed by atoms with Gasteiger partial charge in [0, 0.05) is 6.54 Å². The Morgan fingerprint density at radius 3 is 2.68 bits per heavy atom. The fourth-order valence-electron chi connectivity index (χ4n) is 3.00. The second-order valence-electron chi connectivity index (χ2n) is 6.05. The van der Waals surface area contributed by atoms with Gasteiger partial charge in [0.05, 0.1) is 7.11 Å². The van der Waals surface area contributed by atoms with Crippen molar-refractivity contribution in [3.8, 4) is 5.75 Å². The summed E-state index contributed by atoms with van der Waals surface area (Å²) >= 11 is 0. The predicted molar refractivity (Wildman–Crippen MR) is 98.2 cm³/mol. The van der Waals surface area contributed by atoms with Crippen molar-refractivity contribution >= 4 is 12.2 Å². The lowest BCUT2D eigenvalue weighted by Crippen LogP contribution is -2.28. The number of hydrogen-bond donors (Lipinski definition) is 0. The molecule has 1 heterocycles. The van der Waals surface area contributed by atoms with E-state index >= 15 is 0 Å². The van der Waals surface area contributed by atoms with Gasteiger partial charge in [0.15, 0.2) is 0 Å². The van der Waals surface area contributed by atoms with E-state index in [4.69, 9.17) is 9.47 Å². The molecule has 4 heteroatoms. The molecule has 25 heavy (non-hydrogen) atoms. The zero-order valence-corrected chi connectivity index (χ0v) is 14.6. The molecule has 0 aromatic heterocycles. The number of carbonyl (C=O) groups excluding carboxylic acids is 1. The number of hydrogen-bond acceptors (Lipinski definition) is 3. The van der Waals surface area contributed by atoms with Crippen LogP contribution in [0.2, 0.25) is 0 Å². The number of rotatable bonds is 6. The molecular formula is C21H23NO3. The molecule has 1 unspecified atom stereocenters. The summed E-state index contributed by atoms with van der Waals surface area (Å²) in [6.45, 7) is 2.78. The molecule has 2 aromatic rings. The Kier molecular flexibility index (Phi) is 5.39. The Labute approximate surface area is 148 Å². The first-order valence-electron chi connectivity index (χ1n) is 8.62. The third kappa shape index (κ3) is 3.85. The molecule has 1 aliphatic heterocycles. The molecule has 1 amide bonds. The van der Waals surface area contributed by atoms with Crippen molar-refractivity contribution in [2.24, 2.45) is 0 Å². The quantitative estimate of drug-likeness (QED) is 0.742. The Morgan fingerprint density at radius 1 is 1.16 bits per heavy atom. The van der Waals surface area contributed by atoms with Gasteiger partial charge in [0.25, 0.3) is 0 Å². The van der Waals surface area contributed by atoms with Crippen molar-refractivity contribution in [2.45, 2.75) is 25.8 Å². The highest BCUT2D eigenvalue weighted by atomic mass is 16.6. The molecule has 1 saturated heterocycles. The lowest BCUT2D eigenvalue weighted by atomic mass is 10.0. The summed E-state index contributed by atoms with van der Waals surface area (Å²) in [4.78, 5) is 14.2. The van der Waals surface area contributed by atoms with Gasteiger partial charge in [0.2, 0.25) is 0 Å². The molecule has 0 aliphatic carbocycles. The van der Waals surface area contributed by atoms with Gasteiger partial charge in [-0.2, -0.15) is 0 Å². The van der Waals surface area contributed by atoms with E-state index in [1.54, 1.807) is 12.0 Å². The summed E-state index contributed by atoms with van der Waals surface area (Å²) in [5.74, 6) is 1.42. The van der Waals surface area contributed by atoms with Crippen LogP contribution in [0.4, 0.5) is 4.79 Å². The largest absolute Gasteiger partial charge is 0.497 e. The molecule has 3 rings (SSSR count).